The second-order valence-corrected chi connectivity index (χ2v) is 7.70. The number of aromatic nitrogens is 2. The molecule has 1 saturated carbocycles. The Kier molecular flexibility index (Phi) is 6.24. The molecule has 29 heavy (non-hydrogen) atoms. The molecule has 1 aromatic carbocycles. The number of hydrogen-bond donors (Lipinski definition) is 3. The van der Waals surface area contributed by atoms with Gasteiger partial charge in [-0.05, 0) is 24.5 Å². The Morgan fingerprint density at radius 2 is 2.00 bits per heavy atom. The fourth-order valence-electron chi connectivity index (χ4n) is 4.39. The first-order valence-electron chi connectivity index (χ1n) is 9.62. The Bertz CT molecular complexity index is 875. The number of nitrogens with one attached hydrogen (secondary N) is 3. The molecule has 1 aliphatic carbocycles. The first-order chi connectivity index (χ1) is 13.4. The summed E-state index contributed by atoms with van der Waals surface area (Å²) in [5.41, 5.74) is 1.76. The minimum Gasteiger partial charge on any atom is -0.350 e. The molecule has 5 nitrogen and oxygen atoms in total. The number of alkyl halides is 3. The van der Waals surface area contributed by atoms with Gasteiger partial charge in [0, 0.05) is 42.7 Å². The first kappa shape index (κ1) is 21.6. The Balaban J connectivity index is 0.00000240. The monoisotopic (exact) mass is 428 g/mol. The smallest absolute Gasteiger partial charge is 0.350 e. The standard InChI is InChI=1S/C20H23F3N4O.ClH/c21-20(22,23)14-5-3-4-13(10-14)19(7-1-2-8-19)12-25-18(28)17-15-11-24-9-6-16(15)26-27-17;/h3-5,10,24H,1-2,6-9,11-12H2,(H,25,28)(H,26,27);1H. The average Bonchev–Trinajstić information content (AvgIpc) is 3.33. The maximum absolute atomic E-state index is 13.2. The quantitative estimate of drug-likeness (QED) is 0.694. The number of carbonyl (C=O) groups is 1. The molecule has 1 fully saturated rings. The molecule has 1 aliphatic heterocycles. The van der Waals surface area contributed by atoms with Crippen LogP contribution in [0.15, 0.2) is 24.3 Å². The van der Waals surface area contributed by atoms with E-state index in [9.17, 15) is 18.0 Å². The molecule has 2 aliphatic rings. The van der Waals surface area contributed by atoms with Gasteiger partial charge in [-0.1, -0.05) is 31.0 Å². The number of aromatic amines is 1. The van der Waals surface area contributed by atoms with Gasteiger partial charge in [-0.25, -0.2) is 0 Å². The van der Waals surface area contributed by atoms with E-state index in [-0.39, 0.29) is 18.3 Å². The van der Waals surface area contributed by atoms with Crippen molar-refractivity contribution in [2.45, 2.75) is 50.2 Å². The van der Waals surface area contributed by atoms with Gasteiger partial charge in [0.25, 0.3) is 5.91 Å². The second-order valence-electron chi connectivity index (χ2n) is 7.70. The molecular formula is C20H24ClF3N4O. The van der Waals surface area contributed by atoms with E-state index in [4.69, 9.17) is 0 Å². The number of halogens is 4. The van der Waals surface area contributed by atoms with Crippen LogP contribution in [-0.2, 0) is 24.6 Å². The summed E-state index contributed by atoms with van der Waals surface area (Å²) in [6, 6.07) is 5.52. The largest absolute Gasteiger partial charge is 0.416 e. The van der Waals surface area contributed by atoms with Crippen molar-refractivity contribution in [2.24, 2.45) is 0 Å². The Hall–Kier alpha value is -2.06. The number of nitrogens with zero attached hydrogens (tertiary/aromatic N) is 1. The van der Waals surface area contributed by atoms with Crippen molar-refractivity contribution < 1.29 is 18.0 Å². The molecule has 2 heterocycles. The van der Waals surface area contributed by atoms with E-state index in [1.54, 1.807) is 6.07 Å². The zero-order chi connectivity index (χ0) is 19.8. The van der Waals surface area contributed by atoms with Crippen molar-refractivity contribution in [3.63, 3.8) is 0 Å². The fourth-order valence-corrected chi connectivity index (χ4v) is 4.39. The lowest BCUT2D eigenvalue weighted by atomic mass is 9.78. The number of rotatable bonds is 4. The van der Waals surface area contributed by atoms with Crippen LogP contribution in [0.2, 0.25) is 0 Å². The molecule has 0 atom stereocenters. The van der Waals surface area contributed by atoms with Gasteiger partial charge in [0.1, 0.15) is 0 Å². The summed E-state index contributed by atoms with van der Waals surface area (Å²) < 4.78 is 39.5. The molecule has 0 radical (unpaired) electrons. The third-order valence-electron chi connectivity index (χ3n) is 5.97. The number of H-pyrrole nitrogens is 1. The summed E-state index contributed by atoms with van der Waals surface area (Å²) >= 11 is 0. The number of benzene rings is 1. The molecule has 0 spiro atoms. The minimum atomic E-state index is -4.37. The van der Waals surface area contributed by atoms with Gasteiger partial charge < -0.3 is 10.6 Å². The van der Waals surface area contributed by atoms with E-state index >= 15 is 0 Å². The number of amides is 1. The van der Waals surface area contributed by atoms with Crippen molar-refractivity contribution in [1.29, 1.82) is 0 Å². The van der Waals surface area contributed by atoms with Gasteiger partial charge in [0.2, 0.25) is 0 Å². The Morgan fingerprint density at radius 3 is 2.72 bits per heavy atom. The normalized spacial score (nSPS) is 18.0. The molecule has 9 heteroatoms. The molecule has 158 valence electrons. The molecule has 1 amide bonds. The number of carbonyl (C=O) groups excluding carboxylic acids is 1. The third kappa shape index (κ3) is 4.28. The first-order valence-corrected chi connectivity index (χ1v) is 9.62. The average molecular weight is 429 g/mol. The summed E-state index contributed by atoms with van der Waals surface area (Å²) in [6.07, 6.45) is -0.185. The van der Waals surface area contributed by atoms with Crippen molar-refractivity contribution >= 4 is 18.3 Å². The van der Waals surface area contributed by atoms with E-state index in [0.717, 1.165) is 56.0 Å². The topological polar surface area (TPSA) is 69.8 Å². The Labute approximate surface area is 173 Å². The molecule has 0 unspecified atom stereocenters. The third-order valence-corrected chi connectivity index (χ3v) is 5.97. The van der Waals surface area contributed by atoms with Crippen molar-refractivity contribution in [3.8, 4) is 0 Å². The summed E-state index contributed by atoms with van der Waals surface area (Å²) in [7, 11) is 0. The summed E-state index contributed by atoms with van der Waals surface area (Å²) in [6.45, 7) is 1.74. The van der Waals surface area contributed by atoms with Crippen LogP contribution in [0.1, 0.15) is 58.6 Å². The lowest BCUT2D eigenvalue weighted by molar-refractivity contribution is -0.137. The predicted octanol–water partition coefficient (Wildman–Crippen LogP) is 3.74. The van der Waals surface area contributed by atoms with Gasteiger partial charge in [-0.3, -0.25) is 9.89 Å². The van der Waals surface area contributed by atoms with E-state index in [0.29, 0.717) is 24.3 Å². The molecule has 0 bridgehead atoms. The van der Waals surface area contributed by atoms with Crippen LogP contribution < -0.4 is 10.6 Å². The maximum atomic E-state index is 13.2. The van der Waals surface area contributed by atoms with Crippen LogP contribution in [-0.4, -0.2) is 29.2 Å². The molecular weight excluding hydrogens is 405 g/mol. The lowest BCUT2D eigenvalue weighted by Crippen LogP contribution is -2.39. The van der Waals surface area contributed by atoms with E-state index in [1.165, 1.54) is 12.1 Å². The highest BCUT2D eigenvalue weighted by atomic mass is 35.5. The molecule has 3 N–H and O–H groups in total. The van der Waals surface area contributed by atoms with E-state index in [2.05, 4.69) is 20.8 Å². The van der Waals surface area contributed by atoms with Crippen LogP contribution >= 0.6 is 12.4 Å². The van der Waals surface area contributed by atoms with Crippen LogP contribution in [0.25, 0.3) is 0 Å². The maximum Gasteiger partial charge on any atom is 0.416 e. The molecule has 4 rings (SSSR count). The van der Waals surface area contributed by atoms with Crippen molar-refractivity contribution in [1.82, 2.24) is 20.8 Å². The van der Waals surface area contributed by atoms with Gasteiger partial charge in [-0.15, -0.1) is 12.4 Å². The van der Waals surface area contributed by atoms with E-state index in [1.807, 2.05) is 0 Å². The lowest BCUT2D eigenvalue weighted by Gasteiger charge is -2.30. The van der Waals surface area contributed by atoms with Gasteiger partial charge in [0.05, 0.1) is 5.56 Å². The summed E-state index contributed by atoms with van der Waals surface area (Å²) in [5.74, 6) is -0.278. The van der Waals surface area contributed by atoms with Crippen molar-refractivity contribution in [2.75, 3.05) is 13.1 Å². The highest BCUT2D eigenvalue weighted by Gasteiger charge is 2.38. The van der Waals surface area contributed by atoms with Crippen LogP contribution in [0, 0.1) is 0 Å². The highest BCUT2D eigenvalue weighted by molar-refractivity contribution is 5.94. The van der Waals surface area contributed by atoms with E-state index < -0.39 is 17.2 Å². The van der Waals surface area contributed by atoms with Gasteiger partial charge >= 0.3 is 6.18 Å². The summed E-state index contributed by atoms with van der Waals surface area (Å²) in [5, 5.41) is 13.3. The van der Waals surface area contributed by atoms with Gasteiger partial charge in [0.15, 0.2) is 5.69 Å². The van der Waals surface area contributed by atoms with Crippen LogP contribution in [0.5, 0.6) is 0 Å². The summed E-state index contributed by atoms with van der Waals surface area (Å²) in [4.78, 5) is 12.7. The fraction of sp³-hybridized carbons (Fsp3) is 0.500. The van der Waals surface area contributed by atoms with Gasteiger partial charge in [-0.2, -0.15) is 18.3 Å². The minimum absolute atomic E-state index is 0. The van der Waals surface area contributed by atoms with Crippen LogP contribution in [0.3, 0.4) is 0 Å². The number of fused-ring (bicyclic) bond motifs is 1. The zero-order valence-corrected chi connectivity index (χ0v) is 16.7. The molecule has 1 aromatic heterocycles. The molecule has 2 aromatic rings. The zero-order valence-electron chi connectivity index (χ0n) is 15.9. The second kappa shape index (κ2) is 8.36. The van der Waals surface area contributed by atoms with Crippen LogP contribution in [0.4, 0.5) is 13.2 Å². The number of hydrogen-bond acceptors (Lipinski definition) is 3. The SMILES string of the molecule is Cl.O=C(NCC1(c2cccc(C(F)(F)F)c2)CCCC1)c1n[nH]c2c1CNCC2. The Morgan fingerprint density at radius 1 is 1.24 bits per heavy atom. The molecule has 0 saturated heterocycles. The highest BCUT2D eigenvalue weighted by Crippen LogP contribution is 2.42. The van der Waals surface area contributed by atoms with Crippen molar-refractivity contribution in [3.05, 3.63) is 52.3 Å². The predicted molar refractivity (Wildman–Crippen MR) is 105 cm³/mol.